The van der Waals surface area contributed by atoms with Crippen LogP contribution in [0.2, 0.25) is 0 Å². The molecule has 0 saturated carbocycles. The maximum Gasteiger partial charge on any atom is 0.434 e. The van der Waals surface area contributed by atoms with Crippen molar-refractivity contribution in [1.29, 1.82) is 0 Å². The van der Waals surface area contributed by atoms with Crippen LogP contribution in [0, 0.1) is 19.7 Å². The Hall–Kier alpha value is -2.82. The Morgan fingerprint density at radius 1 is 1.19 bits per heavy atom. The van der Waals surface area contributed by atoms with E-state index < -0.39 is 33.7 Å². The number of hydrogen-bond donors (Lipinski definition) is 2. The van der Waals surface area contributed by atoms with Gasteiger partial charge in [0, 0.05) is 19.0 Å². The van der Waals surface area contributed by atoms with Crippen molar-refractivity contribution in [1.82, 2.24) is 19.2 Å². The van der Waals surface area contributed by atoms with Crippen LogP contribution in [-0.4, -0.2) is 29.5 Å². The van der Waals surface area contributed by atoms with Crippen LogP contribution < -0.4 is 10.5 Å². The molecule has 0 bridgehead atoms. The van der Waals surface area contributed by atoms with Gasteiger partial charge in [0.1, 0.15) is 11.9 Å². The third-order valence-electron chi connectivity index (χ3n) is 6.12. The van der Waals surface area contributed by atoms with E-state index in [1.807, 2.05) is 31.2 Å². The second-order valence-electron chi connectivity index (χ2n) is 8.10. The lowest BCUT2D eigenvalue weighted by Gasteiger charge is -2.31. The van der Waals surface area contributed by atoms with Gasteiger partial charge in [-0.1, -0.05) is 37.3 Å². The molecule has 32 heavy (non-hydrogen) atoms. The van der Waals surface area contributed by atoms with Crippen LogP contribution in [0.1, 0.15) is 52.6 Å². The maximum atomic E-state index is 14.8. The second kappa shape index (κ2) is 8.61. The molecular formula is C22H25FN4O4S. The van der Waals surface area contributed by atoms with Gasteiger partial charge in [-0.3, -0.25) is 0 Å². The molecule has 1 aromatic heterocycles. The molecule has 0 saturated heterocycles. The van der Waals surface area contributed by atoms with Gasteiger partial charge in [-0.25, -0.2) is 14.3 Å². The fourth-order valence-electron chi connectivity index (χ4n) is 4.18. The Bertz CT molecular complexity index is 1300. The quantitative estimate of drug-likeness (QED) is 0.588. The molecule has 3 aromatic rings. The molecule has 2 heterocycles. The van der Waals surface area contributed by atoms with Crippen LogP contribution in [-0.2, 0) is 23.2 Å². The number of fused-ring (bicyclic) bond motifs is 1. The van der Waals surface area contributed by atoms with E-state index in [9.17, 15) is 17.6 Å². The normalized spacial score (nSPS) is 16.5. The summed E-state index contributed by atoms with van der Waals surface area (Å²) in [5.74, 6) is -2.13. The van der Waals surface area contributed by atoms with Crippen molar-refractivity contribution in [3.05, 3.63) is 86.5 Å². The Morgan fingerprint density at radius 3 is 2.59 bits per heavy atom. The summed E-state index contributed by atoms with van der Waals surface area (Å²) in [4.78, 5) is 11.6. The van der Waals surface area contributed by atoms with Crippen LogP contribution in [0.15, 0.2) is 45.6 Å². The van der Waals surface area contributed by atoms with E-state index in [2.05, 4.69) is 14.9 Å². The van der Waals surface area contributed by atoms with Crippen LogP contribution in [0.3, 0.4) is 0 Å². The van der Waals surface area contributed by atoms with E-state index in [0.29, 0.717) is 24.1 Å². The van der Waals surface area contributed by atoms with E-state index in [-0.39, 0.29) is 12.4 Å². The topological polar surface area (TPSA) is 108 Å². The van der Waals surface area contributed by atoms with Crippen LogP contribution >= 0.6 is 0 Å². The molecule has 1 aliphatic rings. The summed E-state index contributed by atoms with van der Waals surface area (Å²) in [5, 5.41) is 6.00. The van der Waals surface area contributed by atoms with Crippen LogP contribution in [0.4, 0.5) is 4.39 Å². The van der Waals surface area contributed by atoms with E-state index in [4.69, 9.17) is 4.42 Å². The fourth-order valence-corrected chi connectivity index (χ4v) is 5.60. The van der Waals surface area contributed by atoms with Gasteiger partial charge < -0.3 is 4.42 Å². The Balaban J connectivity index is 1.69. The highest BCUT2D eigenvalue weighted by Gasteiger charge is 2.36. The number of hydrogen-bond acceptors (Lipinski definition) is 5. The molecule has 0 unspecified atom stereocenters. The first-order valence-corrected chi connectivity index (χ1v) is 11.8. The highest BCUT2D eigenvalue weighted by Crippen LogP contribution is 2.35. The van der Waals surface area contributed by atoms with E-state index in [0.717, 1.165) is 16.7 Å². The molecule has 0 aliphatic carbocycles. The van der Waals surface area contributed by atoms with E-state index in [1.54, 1.807) is 19.9 Å². The summed E-state index contributed by atoms with van der Waals surface area (Å²) in [6.45, 7) is 5.82. The average molecular weight is 461 g/mol. The standard InChI is InChI=1S/C22H25FN4O4S/c1-13-8-9-18(23)19(14(13)2)15(3)20(21-24-25-22(28)31-21)26-32(29,30)27-11-10-16-6-4-5-7-17(16)12-27/h4-9,15,20,26H,10-12H2,1-3H3,(H,25,28)/t15-,20-/m0/s1. The van der Waals surface area contributed by atoms with Crippen molar-refractivity contribution in [3.8, 4) is 0 Å². The molecule has 4 rings (SSSR count). The minimum absolute atomic E-state index is 0.149. The van der Waals surface area contributed by atoms with Crippen molar-refractivity contribution in [3.63, 3.8) is 0 Å². The number of rotatable bonds is 6. The fraction of sp³-hybridized carbons (Fsp3) is 0.364. The minimum Gasteiger partial charge on any atom is -0.391 e. The monoisotopic (exact) mass is 460 g/mol. The van der Waals surface area contributed by atoms with Crippen LogP contribution in [0.5, 0.6) is 0 Å². The SMILES string of the molecule is Cc1ccc(F)c([C@H](C)[C@H](NS(=O)(=O)N2CCc3ccccc3C2)c2n[nH]c(=O)o2)c1C. The lowest BCUT2D eigenvalue weighted by atomic mass is 9.88. The number of nitrogens with one attached hydrogen (secondary N) is 2. The maximum absolute atomic E-state index is 14.8. The Labute approximate surface area is 185 Å². The third kappa shape index (κ3) is 4.25. The predicted octanol–water partition coefficient (Wildman–Crippen LogP) is 2.86. The number of H-pyrrole nitrogens is 1. The van der Waals surface area contributed by atoms with E-state index >= 15 is 0 Å². The molecule has 10 heteroatoms. The highest BCUT2D eigenvalue weighted by molar-refractivity contribution is 7.87. The van der Waals surface area contributed by atoms with Gasteiger partial charge in [-0.2, -0.15) is 17.4 Å². The van der Waals surface area contributed by atoms with Crippen LogP contribution in [0.25, 0.3) is 0 Å². The minimum atomic E-state index is -4.01. The predicted molar refractivity (Wildman–Crippen MR) is 117 cm³/mol. The summed E-state index contributed by atoms with van der Waals surface area (Å²) < 4.78 is 50.5. The third-order valence-corrected chi connectivity index (χ3v) is 7.66. The second-order valence-corrected chi connectivity index (χ2v) is 9.80. The first-order valence-electron chi connectivity index (χ1n) is 10.3. The molecular weight excluding hydrogens is 435 g/mol. The van der Waals surface area contributed by atoms with Gasteiger partial charge in [-0.05, 0) is 54.2 Å². The van der Waals surface area contributed by atoms with Gasteiger partial charge >= 0.3 is 5.76 Å². The molecule has 2 atom stereocenters. The molecule has 0 radical (unpaired) electrons. The van der Waals surface area contributed by atoms with Crippen molar-refractivity contribution in [2.75, 3.05) is 6.54 Å². The smallest absolute Gasteiger partial charge is 0.391 e. The number of aromatic nitrogens is 2. The van der Waals surface area contributed by atoms with Gasteiger partial charge in [0.05, 0.1) is 0 Å². The summed E-state index contributed by atoms with van der Waals surface area (Å²) >= 11 is 0. The lowest BCUT2D eigenvalue weighted by molar-refractivity contribution is 0.347. The van der Waals surface area contributed by atoms with Crippen molar-refractivity contribution < 1.29 is 17.2 Å². The van der Waals surface area contributed by atoms with Gasteiger partial charge in [0.25, 0.3) is 10.2 Å². The molecule has 0 spiro atoms. The molecule has 2 aromatic carbocycles. The molecule has 0 fully saturated rings. The van der Waals surface area contributed by atoms with Crippen molar-refractivity contribution >= 4 is 10.2 Å². The summed E-state index contributed by atoms with van der Waals surface area (Å²) in [6.07, 6.45) is 0.584. The largest absolute Gasteiger partial charge is 0.434 e. The molecule has 8 nitrogen and oxygen atoms in total. The molecule has 0 amide bonds. The number of nitrogens with zero attached hydrogens (tertiary/aromatic N) is 2. The first kappa shape index (κ1) is 22.4. The van der Waals surface area contributed by atoms with Gasteiger partial charge in [0.2, 0.25) is 5.89 Å². The summed E-state index contributed by atoms with van der Waals surface area (Å²) in [6, 6.07) is 9.61. The van der Waals surface area contributed by atoms with Gasteiger partial charge in [0.15, 0.2) is 0 Å². The zero-order chi connectivity index (χ0) is 23.0. The summed E-state index contributed by atoms with van der Waals surface area (Å²) in [7, 11) is -4.01. The molecule has 170 valence electrons. The highest BCUT2D eigenvalue weighted by atomic mass is 32.2. The zero-order valence-electron chi connectivity index (χ0n) is 18.1. The summed E-state index contributed by atoms with van der Waals surface area (Å²) in [5.41, 5.74) is 3.95. The first-order chi connectivity index (χ1) is 15.2. The molecule has 2 N–H and O–H groups in total. The Morgan fingerprint density at radius 2 is 1.91 bits per heavy atom. The van der Waals surface area contributed by atoms with Gasteiger partial charge in [-0.15, -0.1) is 5.10 Å². The number of benzene rings is 2. The lowest BCUT2D eigenvalue weighted by Crippen LogP contribution is -2.45. The average Bonchev–Trinajstić information content (AvgIpc) is 3.20. The number of aromatic amines is 1. The van der Waals surface area contributed by atoms with E-state index in [1.165, 1.54) is 10.4 Å². The molecule has 1 aliphatic heterocycles. The Kier molecular flexibility index (Phi) is 6.02. The number of aryl methyl sites for hydroxylation is 1. The zero-order valence-corrected chi connectivity index (χ0v) is 18.9. The number of halogens is 1. The van der Waals surface area contributed by atoms with Crippen molar-refractivity contribution in [2.45, 2.75) is 45.7 Å². The van der Waals surface area contributed by atoms with Crippen molar-refractivity contribution in [2.24, 2.45) is 0 Å².